The number of carbonyl (C=O) groups is 4. The van der Waals surface area contributed by atoms with Crippen molar-refractivity contribution < 1.29 is 39.6 Å². The van der Waals surface area contributed by atoms with E-state index in [2.05, 4.69) is 0 Å². The van der Waals surface area contributed by atoms with Gasteiger partial charge in [-0.3, -0.25) is 19.2 Å². The number of carboxylic acids is 4. The second-order valence-electron chi connectivity index (χ2n) is 3.28. The lowest BCUT2D eigenvalue weighted by Crippen LogP contribution is -1.98. The van der Waals surface area contributed by atoms with E-state index in [-0.39, 0.29) is 38.5 Å². The lowest BCUT2D eigenvalue weighted by molar-refractivity contribution is -0.140. The maximum atomic E-state index is 9.79. The van der Waals surface area contributed by atoms with Crippen molar-refractivity contribution in [1.29, 1.82) is 0 Å². The molecule has 4 N–H and O–H groups in total. The zero-order valence-corrected chi connectivity index (χ0v) is 9.66. The van der Waals surface area contributed by atoms with Gasteiger partial charge in [0.05, 0.1) is 0 Å². The molecule has 104 valence electrons. The highest BCUT2D eigenvalue weighted by Crippen LogP contribution is 1.94. The molecular weight excluding hydrogens is 248 g/mol. The summed E-state index contributed by atoms with van der Waals surface area (Å²) in [4.78, 5) is 39.2. The van der Waals surface area contributed by atoms with Gasteiger partial charge in [0.15, 0.2) is 0 Å². The monoisotopic (exact) mass is 264 g/mol. The molecule has 18 heavy (non-hydrogen) atoms. The topological polar surface area (TPSA) is 149 Å². The highest BCUT2D eigenvalue weighted by atomic mass is 16.4. The molecule has 0 aliphatic heterocycles. The Morgan fingerprint density at radius 3 is 0.778 bits per heavy atom. The van der Waals surface area contributed by atoms with Gasteiger partial charge in [-0.25, -0.2) is 0 Å². The molecule has 0 heterocycles. The van der Waals surface area contributed by atoms with Crippen LogP contribution in [0, 0.1) is 0 Å². The van der Waals surface area contributed by atoms with Gasteiger partial charge < -0.3 is 20.4 Å². The third kappa shape index (κ3) is 23.6. The van der Waals surface area contributed by atoms with Crippen molar-refractivity contribution in [2.45, 2.75) is 38.5 Å². The van der Waals surface area contributed by atoms with Crippen molar-refractivity contribution in [3.8, 4) is 0 Å². The Labute approximate surface area is 103 Å². The van der Waals surface area contributed by atoms with Crippen LogP contribution in [0.5, 0.6) is 0 Å². The summed E-state index contributed by atoms with van der Waals surface area (Å²) < 4.78 is 0. The van der Waals surface area contributed by atoms with Crippen LogP contribution in [0.3, 0.4) is 0 Å². The largest absolute Gasteiger partial charge is 0.481 e. The van der Waals surface area contributed by atoms with Crippen LogP contribution in [0.2, 0.25) is 0 Å². The molecule has 0 rings (SSSR count). The summed E-state index contributed by atoms with van der Waals surface area (Å²) in [6.45, 7) is 0. The van der Waals surface area contributed by atoms with Crippen LogP contribution in [0.4, 0.5) is 0 Å². The molecule has 0 aliphatic carbocycles. The Kier molecular flexibility index (Phi) is 11.5. The third-order valence-electron chi connectivity index (χ3n) is 1.56. The van der Waals surface area contributed by atoms with E-state index in [0.717, 1.165) is 0 Å². The first-order chi connectivity index (χ1) is 8.25. The fraction of sp³-hybridized carbons (Fsp3) is 0.600. The minimum absolute atomic E-state index is 0.0632. The molecule has 0 unspecified atom stereocenters. The first-order valence-corrected chi connectivity index (χ1v) is 5.13. The minimum atomic E-state index is -0.948. The normalized spacial score (nSPS) is 8.89. The van der Waals surface area contributed by atoms with Crippen molar-refractivity contribution in [2.75, 3.05) is 0 Å². The summed E-state index contributed by atoms with van der Waals surface area (Å²) in [6, 6.07) is 0. The fourth-order valence-corrected chi connectivity index (χ4v) is 0.782. The molecule has 0 fully saturated rings. The van der Waals surface area contributed by atoms with Gasteiger partial charge in [0.2, 0.25) is 0 Å². The summed E-state index contributed by atoms with van der Waals surface area (Å²) in [7, 11) is 0. The lowest BCUT2D eigenvalue weighted by Gasteiger charge is -1.89. The lowest BCUT2D eigenvalue weighted by atomic mass is 10.2. The summed E-state index contributed by atoms with van der Waals surface area (Å²) in [5.74, 6) is -3.79. The van der Waals surface area contributed by atoms with Gasteiger partial charge in [-0.15, -0.1) is 0 Å². The van der Waals surface area contributed by atoms with Crippen LogP contribution in [0.25, 0.3) is 0 Å². The molecule has 8 heteroatoms. The Balaban J connectivity index is 0. The van der Waals surface area contributed by atoms with Crippen molar-refractivity contribution in [3.05, 3.63) is 0 Å². The van der Waals surface area contributed by atoms with Gasteiger partial charge in [0.25, 0.3) is 0 Å². The zero-order chi connectivity index (χ0) is 14.6. The van der Waals surface area contributed by atoms with E-state index in [4.69, 9.17) is 20.4 Å². The van der Waals surface area contributed by atoms with Crippen molar-refractivity contribution in [2.24, 2.45) is 0 Å². The summed E-state index contributed by atoms with van der Waals surface area (Å²) >= 11 is 0. The fourth-order valence-electron chi connectivity index (χ4n) is 0.782. The van der Waals surface area contributed by atoms with Gasteiger partial charge in [0.1, 0.15) is 0 Å². The highest BCUT2D eigenvalue weighted by molar-refractivity contribution is 5.70. The molecule has 0 bridgehead atoms. The smallest absolute Gasteiger partial charge is 0.303 e. The van der Waals surface area contributed by atoms with Crippen LogP contribution in [0.1, 0.15) is 38.5 Å². The third-order valence-corrected chi connectivity index (χ3v) is 1.56. The number of carboxylic acid groups (broad SMARTS) is 4. The van der Waals surface area contributed by atoms with Crippen molar-refractivity contribution in [1.82, 2.24) is 0 Å². The molecule has 0 aromatic heterocycles. The SMILES string of the molecule is O=C(O)CCCC(=O)O.O=C(O)CCCC(=O)O. The predicted molar refractivity (Wildman–Crippen MR) is 58.2 cm³/mol. The molecule has 8 nitrogen and oxygen atoms in total. The van der Waals surface area contributed by atoms with Crippen LogP contribution in [-0.4, -0.2) is 44.3 Å². The zero-order valence-electron chi connectivity index (χ0n) is 9.66. The Hall–Kier alpha value is -2.12. The van der Waals surface area contributed by atoms with Gasteiger partial charge in [-0.1, -0.05) is 0 Å². The van der Waals surface area contributed by atoms with E-state index in [1.807, 2.05) is 0 Å². The molecule has 0 aliphatic rings. The first-order valence-electron chi connectivity index (χ1n) is 5.13. The molecular formula is C10H16O8. The maximum absolute atomic E-state index is 9.79. The maximum Gasteiger partial charge on any atom is 0.303 e. The quantitative estimate of drug-likeness (QED) is 0.499. The molecule has 0 saturated heterocycles. The summed E-state index contributed by atoms with van der Waals surface area (Å²) in [5.41, 5.74) is 0. The molecule has 0 atom stereocenters. The van der Waals surface area contributed by atoms with Gasteiger partial charge >= 0.3 is 23.9 Å². The number of hydrogen-bond donors (Lipinski definition) is 4. The Bertz CT molecular complexity index is 238. The predicted octanol–water partition coefficient (Wildman–Crippen LogP) is 0.652. The van der Waals surface area contributed by atoms with Crippen LogP contribution >= 0.6 is 0 Å². The highest BCUT2D eigenvalue weighted by Gasteiger charge is 2.00. The van der Waals surface area contributed by atoms with E-state index in [1.165, 1.54) is 0 Å². The van der Waals surface area contributed by atoms with E-state index in [1.54, 1.807) is 0 Å². The Morgan fingerprint density at radius 1 is 0.500 bits per heavy atom. The number of rotatable bonds is 8. The van der Waals surface area contributed by atoms with E-state index in [0.29, 0.717) is 0 Å². The average molecular weight is 264 g/mol. The standard InChI is InChI=1S/2C5H8O4/c2*6-4(7)2-1-3-5(8)9/h2*1-3H2,(H,6,7)(H,8,9). The second-order valence-corrected chi connectivity index (χ2v) is 3.28. The van der Waals surface area contributed by atoms with Crippen LogP contribution in [0.15, 0.2) is 0 Å². The molecule has 0 amide bonds. The molecule has 0 aromatic carbocycles. The van der Waals surface area contributed by atoms with Crippen molar-refractivity contribution in [3.63, 3.8) is 0 Å². The van der Waals surface area contributed by atoms with E-state index in [9.17, 15) is 19.2 Å². The van der Waals surface area contributed by atoms with Crippen LogP contribution in [-0.2, 0) is 19.2 Å². The molecule has 0 spiro atoms. The van der Waals surface area contributed by atoms with Gasteiger partial charge in [0, 0.05) is 25.7 Å². The van der Waals surface area contributed by atoms with Gasteiger partial charge in [-0.2, -0.15) is 0 Å². The van der Waals surface area contributed by atoms with E-state index < -0.39 is 23.9 Å². The number of hydrogen-bond acceptors (Lipinski definition) is 4. The molecule has 0 aromatic rings. The Morgan fingerprint density at radius 2 is 0.667 bits per heavy atom. The van der Waals surface area contributed by atoms with Crippen LogP contribution < -0.4 is 0 Å². The second kappa shape index (κ2) is 11.4. The summed E-state index contributed by atoms with van der Waals surface area (Å²) in [5, 5.41) is 32.1. The summed E-state index contributed by atoms with van der Waals surface area (Å²) in [6.07, 6.45) is 0.173. The first kappa shape index (κ1) is 18.3. The molecule has 0 radical (unpaired) electrons. The average Bonchev–Trinajstić information content (AvgIpc) is 2.15. The molecule has 0 saturated carbocycles. The minimum Gasteiger partial charge on any atom is -0.481 e. The van der Waals surface area contributed by atoms with Crippen molar-refractivity contribution >= 4 is 23.9 Å². The van der Waals surface area contributed by atoms with E-state index >= 15 is 0 Å². The number of aliphatic carboxylic acids is 4. The van der Waals surface area contributed by atoms with Gasteiger partial charge in [-0.05, 0) is 12.8 Å².